The fraction of sp³-hybridized carbons (Fsp3) is 0.500. The van der Waals surface area contributed by atoms with E-state index in [0.717, 1.165) is 24.7 Å². The van der Waals surface area contributed by atoms with E-state index >= 15 is 0 Å². The standard InChI is InChI=1S/C16H22N2O4S/c1-3-5-15(19)17-10-4-11-18(17)16(20)12-13-6-8-14(9-7-13)23(2,21)22/h6-9H,3-5,10-12H2,1-2H3. The number of nitrogens with zero attached hydrogens (tertiary/aromatic N) is 2. The molecule has 0 N–H and O–H groups in total. The normalized spacial score (nSPS) is 15.0. The summed E-state index contributed by atoms with van der Waals surface area (Å²) in [4.78, 5) is 24.7. The summed E-state index contributed by atoms with van der Waals surface area (Å²) in [7, 11) is -3.24. The molecule has 126 valence electrons. The summed E-state index contributed by atoms with van der Waals surface area (Å²) in [6.45, 7) is 3.07. The van der Waals surface area contributed by atoms with E-state index in [-0.39, 0.29) is 23.1 Å². The molecule has 0 bridgehead atoms. The summed E-state index contributed by atoms with van der Waals surface area (Å²) in [5.41, 5.74) is 0.734. The molecule has 0 spiro atoms. The van der Waals surface area contributed by atoms with Gasteiger partial charge in [-0.2, -0.15) is 0 Å². The van der Waals surface area contributed by atoms with E-state index in [9.17, 15) is 18.0 Å². The van der Waals surface area contributed by atoms with E-state index in [1.165, 1.54) is 22.2 Å². The molecule has 1 aliphatic heterocycles. The highest BCUT2D eigenvalue weighted by atomic mass is 32.2. The van der Waals surface area contributed by atoms with Crippen LogP contribution in [-0.2, 0) is 25.8 Å². The Balaban J connectivity index is 2.05. The van der Waals surface area contributed by atoms with Gasteiger partial charge >= 0.3 is 0 Å². The van der Waals surface area contributed by atoms with Crippen LogP contribution in [0.3, 0.4) is 0 Å². The minimum atomic E-state index is -3.24. The summed E-state index contributed by atoms with van der Waals surface area (Å²) >= 11 is 0. The van der Waals surface area contributed by atoms with Crippen LogP contribution >= 0.6 is 0 Å². The van der Waals surface area contributed by atoms with Crippen molar-refractivity contribution in [2.45, 2.75) is 37.5 Å². The quantitative estimate of drug-likeness (QED) is 0.813. The Morgan fingerprint density at radius 1 is 1.04 bits per heavy atom. The van der Waals surface area contributed by atoms with Crippen LogP contribution in [0.25, 0.3) is 0 Å². The Bertz CT molecular complexity index is 683. The number of carbonyl (C=O) groups excluding carboxylic acids is 2. The third kappa shape index (κ3) is 4.31. The van der Waals surface area contributed by atoms with E-state index < -0.39 is 9.84 Å². The molecule has 0 aromatic heterocycles. The lowest BCUT2D eigenvalue weighted by atomic mass is 10.1. The number of amides is 2. The number of hydrogen-bond acceptors (Lipinski definition) is 4. The fourth-order valence-corrected chi connectivity index (χ4v) is 3.22. The van der Waals surface area contributed by atoms with Gasteiger partial charge in [-0.25, -0.2) is 8.42 Å². The zero-order chi connectivity index (χ0) is 17.0. The molecule has 0 unspecified atom stereocenters. The molecule has 0 atom stereocenters. The maximum atomic E-state index is 12.4. The van der Waals surface area contributed by atoms with Crippen LogP contribution in [0.1, 0.15) is 31.7 Å². The first-order valence-electron chi connectivity index (χ1n) is 7.72. The van der Waals surface area contributed by atoms with Gasteiger partial charge in [-0.1, -0.05) is 19.1 Å². The summed E-state index contributed by atoms with van der Waals surface area (Å²) < 4.78 is 22.9. The average Bonchev–Trinajstić information content (AvgIpc) is 2.96. The summed E-state index contributed by atoms with van der Waals surface area (Å²) in [5, 5.41) is 3.05. The molecule has 1 saturated heterocycles. The molecule has 1 aromatic carbocycles. The molecule has 0 radical (unpaired) electrons. The number of benzene rings is 1. The lowest BCUT2D eigenvalue weighted by Gasteiger charge is -2.28. The van der Waals surface area contributed by atoms with Crippen LogP contribution in [0, 0.1) is 0 Å². The molecule has 1 heterocycles. The van der Waals surface area contributed by atoms with Crippen molar-refractivity contribution < 1.29 is 18.0 Å². The molecule has 1 aromatic rings. The second-order valence-corrected chi connectivity index (χ2v) is 7.75. The number of carbonyl (C=O) groups is 2. The Kier molecular flexibility index (Phi) is 5.41. The highest BCUT2D eigenvalue weighted by Crippen LogP contribution is 2.16. The third-order valence-corrected chi connectivity index (χ3v) is 4.91. The van der Waals surface area contributed by atoms with Crippen molar-refractivity contribution in [2.24, 2.45) is 0 Å². The molecular formula is C16H22N2O4S. The molecule has 7 heteroatoms. The van der Waals surface area contributed by atoms with Crippen LogP contribution in [0.4, 0.5) is 0 Å². The first-order valence-corrected chi connectivity index (χ1v) is 9.61. The summed E-state index contributed by atoms with van der Waals surface area (Å²) in [5.74, 6) is -0.162. The molecule has 1 aliphatic rings. The van der Waals surface area contributed by atoms with Gasteiger partial charge in [0.2, 0.25) is 11.8 Å². The Morgan fingerprint density at radius 2 is 1.61 bits per heavy atom. The highest BCUT2D eigenvalue weighted by Gasteiger charge is 2.29. The zero-order valence-electron chi connectivity index (χ0n) is 13.5. The van der Waals surface area contributed by atoms with E-state index in [1.807, 2.05) is 6.92 Å². The van der Waals surface area contributed by atoms with Gasteiger partial charge in [-0.15, -0.1) is 0 Å². The monoisotopic (exact) mass is 338 g/mol. The summed E-state index contributed by atoms with van der Waals surface area (Å²) in [6, 6.07) is 6.29. The molecule has 2 amide bonds. The van der Waals surface area contributed by atoms with Crippen LogP contribution in [0.2, 0.25) is 0 Å². The van der Waals surface area contributed by atoms with E-state index in [4.69, 9.17) is 0 Å². The van der Waals surface area contributed by atoms with Gasteiger partial charge < -0.3 is 0 Å². The van der Waals surface area contributed by atoms with Crippen LogP contribution in [-0.4, -0.2) is 49.6 Å². The van der Waals surface area contributed by atoms with E-state index in [1.54, 1.807) is 12.1 Å². The predicted molar refractivity (Wildman–Crippen MR) is 86.2 cm³/mol. The number of rotatable bonds is 5. The van der Waals surface area contributed by atoms with Crippen molar-refractivity contribution in [3.8, 4) is 0 Å². The van der Waals surface area contributed by atoms with Crippen molar-refractivity contribution in [3.05, 3.63) is 29.8 Å². The maximum Gasteiger partial charge on any atom is 0.245 e. The molecular weight excluding hydrogens is 316 g/mol. The minimum Gasteiger partial charge on any atom is -0.273 e. The van der Waals surface area contributed by atoms with Crippen molar-refractivity contribution >= 4 is 21.7 Å². The Hall–Kier alpha value is -1.89. The topological polar surface area (TPSA) is 74.8 Å². The summed E-state index contributed by atoms with van der Waals surface area (Å²) in [6.07, 6.45) is 3.28. The van der Waals surface area contributed by atoms with Gasteiger partial charge in [-0.05, 0) is 30.5 Å². The van der Waals surface area contributed by atoms with Gasteiger partial charge in [0.15, 0.2) is 9.84 Å². The first-order chi connectivity index (χ1) is 10.8. The first kappa shape index (κ1) is 17.5. The van der Waals surface area contributed by atoms with Crippen LogP contribution in [0.15, 0.2) is 29.2 Å². The van der Waals surface area contributed by atoms with E-state index in [0.29, 0.717) is 19.5 Å². The third-order valence-electron chi connectivity index (χ3n) is 3.78. The van der Waals surface area contributed by atoms with Crippen molar-refractivity contribution in [1.82, 2.24) is 10.0 Å². The molecule has 0 saturated carbocycles. The maximum absolute atomic E-state index is 12.4. The molecule has 23 heavy (non-hydrogen) atoms. The smallest absolute Gasteiger partial charge is 0.245 e. The van der Waals surface area contributed by atoms with Gasteiger partial charge in [0.1, 0.15) is 0 Å². The van der Waals surface area contributed by atoms with Gasteiger partial charge in [0, 0.05) is 25.8 Å². The lowest BCUT2D eigenvalue weighted by Crippen LogP contribution is -2.45. The highest BCUT2D eigenvalue weighted by molar-refractivity contribution is 7.90. The number of hydrogen-bond donors (Lipinski definition) is 0. The average molecular weight is 338 g/mol. The Labute approximate surface area is 137 Å². The largest absolute Gasteiger partial charge is 0.273 e. The number of sulfone groups is 1. The van der Waals surface area contributed by atoms with Crippen LogP contribution < -0.4 is 0 Å². The fourth-order valence-electron chi connectivity index (χ4n) is 2.59. The van der Waals surface area contributed by atoms with Gasteiger partial charge in [0.05, 0.1) is 11.3 Å². The Morgan fingerprint density at radius 3 is 2.13 bits per heavy atom. The SMILES string of the molecule is CCCC(=O)N1CCCN1C(=O)Cc1ccc(S(C)(=O)=O)cc1. The van der Waals surface area contributed by atoms with Gasteiger partial charge in [-0.3, -0.25) is 19.6 Å². The van der Waals surface area contributed by atoms with Crippen molar-refractivity contribution in [3.63, 3.8) is 0 Å². The van der Waals surface area contributed by atoms with Crippen molar-refractivity contribution in [2.75, 3.05) is 19.3 Å². The molecule has 6 nitrogen and oxygen atoms in total. The minimum absolute atomic E-state index is 0.0224. The lowest BCUT2D eigenvalue weighted by molar-refractivity contribution is -0.157. The second-order valence-electron chi connectivity index (χ2n) is 5.73. The second kappa shape index (κ2) is 7.12. The number of hydrazine groups is 1. The van der Waals surface area contributed by atoms with Gasteiger partial charge in [0.25, 0.3) is 0 Å². The van der Waals surface area contributed by atoms with Crippen LogP contribution in [0.5, 0.6) is 0 Å². The molecule has 1 fully saturated rings. The zero-order valence-corrected chi connectivity index (χ0v) is 14.3. The predicted octanol–water partition coefficient (Wildman–Crippen LogP) is 1.41. The van der Waals surface area contributed by atoms with Crippen molar-refractivity contribution in [1.29, 1.82) is 0 Å². The molecule has 0 aliphatic carbocycles. The molecule has 2 rings (SSSR count). The van der Waals surface area contributed by atoms with E-state index in [2.05, 4.69) is 0 Å².